The van der Waals surface area contributed by atoms with E-state index in [1.165, 1.54) is 22.2 Å². The van der Waals surface area contributed by atoms with Gasteiger partial charge in [-0.25, -0.2) is 4.98 Å². The largest absolute Gasteiger partial charge is 0.341 e. The van der Waals surface area contributed by atoms with Gasteiger partial charge in [-0.2, -0.15) is 0 Å². The Labute approximate surface area is 179 Å². The summed E-state index contributed by atoms with van der Waals surface area (Å²) in [6.45, 7) is 0.532. The highest BCUT2D eigenvalue weighted by atomic mass is 79.9. The average molecular weight is 478 g/mol. The molecule has 0 radical (unpaired) electrons. The SMILES string of the molecule is CN(Cc1ccccc1Br)C(=O)CSc1nc2sc3c(c2c(=O)n1C)CCC3. The van der Waals surface area contributed by atoms with Crippen molar-refractivity contribution >= 4 is 55.2 Å². The third-order valence-electron chi connectivity index (χ3n) is 5.02. The number of amides is 1. The van der Waals surface area contributed by atoms with Crippen molar-refractivity contribution in [2.45, 2.75) is 31.0 Å². The number of fused-ring (bicyclic) bond motifs is 3. The maximum atomic E-state index is 12.8. The van der Waals surface area contributed by atoms with Crippen molar-refractivity contribution in [1.29, 1.82) is 0 Å². The first-order valence-electron chi connectivity index (χ1n) is 9.07. The van der Waals surface area contributed by atoms with Gasteiger partial charge in [0.15, 0.2) is 5.16 Å². The van der Waals surface area contributed by atoms with E-state index >= 15 is 0 Å². The Morgan fingerprint density at radius 3 is 2.93 bits per heavy atom. The molecule has 0 atom stereocenters. The molecule has 0 bridgehead atoms. The van der Waals surface area contributed by atoms with Gasteiger partial charge in [0.1, 0.15) is 4.83 Å². The summed E-state index contributed by atoms with van der Waals surface area (Å²) < 4.78 is 2.57. The predicted octanol–water partition coefficient (Wildman–Crippen LogP) is 4.00. The Bertz CT molecular complexity index is 1120. The normalized spacial score (nSPS) is 13.1. The summed E-state index contributed by atoms with van der Waals surface area (Å²) in [5, 5.41) is 1.38. The third kappa shape index (κ3) is 3.65. The number of aryl methyl sites for hydroxylation is 2. The molecular formula is C20H20BrN3O2S2. The van der Waals surface area contributed by atoms with Gasteiger partial charge in [-0.15, -0.1) is 11.3 Å². The number of nitrogens with zero attached hydrogens (tertiary/aromatic N) is 3. The van der Waals surface area contributed by atoms with Crippen molar-refractivity contribution in [3.8, 4) is 0 Å². The lowest BCUT2D eigenvalue weighted by molar-refractivity contribution is -0.127. The maximum Gasteiger partial charge on any atom is 0.262 e. The number of hydrogen-bond donors (Lipinski definition) is 0. The van der Waals surface area contributed by atoms with E-state index in [-0.39, 0.29) is 17.2 Å². The van der Waals surface area contributed by atoms with Crippen LogP contribution in [0.4, 0.5) is 0 Å². The van der Waals surface area contributed by atoms with Crippen LogP contribution < -0.4 is 5.56 Å². The zero-order chi connectivity index (χ0) is 19.8. The molecule has 2 aromatic heterocycles. The molecule has 0 N–H and O–H groups in total. The highest BCUT2D eigenvalue weighted by Gasteiger charge is 2.23. The van der Waals surface area contributed by atoms with Gasteiger partial charge >= 0.3 is 0 Å². The van der Waals surface area contributed by atoms with Crippen molar-refractivity contribution in [2.75, 3.05) is 12.8 Å². The zero-order valence-corrected chi connectivity index (χ0v) is 18.9. The van der Waals surface area contributed by atoms with Crippen LogP contribution in [0.1, 0.15) is 22.4 Å². The Morgan fingerprint density at radius 1 is 1.36 bits per heavy atom. The van der Waals surface area contributed by atoms with E-state index in [2.05, 4.69) is 15.9 Å². The van der Waals surface area contributed by atoms with E-state index in [9.17, 15) is 9.59 Å². The summed E-state index contributed by atoms with van der Waals surface area (Å²) in [7, 11) is 3.53. The molecule has 28 heavy (non-hydrogen) atoms. The van der Waals surface area contributed by atoms with E-state index in [1.807, 2.05) is 24.3 Å². The molecule has 146 valence electrons. The maximum absolute atomic E-state index is 12.8. The first kappa shape index (κ1) is 19.7. The second-order valence-electron chi connectivity index (χ2n) is 6.93. The van der Waals surface area contributed by atoms with Gasteiger partial charge in [0.05, 0.1) is 11.1 Å². The average Bonchev–Trinajstić information content (AvgIpc) is 3.25. The minimum Gasteiger partial charge on any atom is -0.341 e. The topological polar surface area (TPSA) is 55.2 Å². The number of carbonyl (C=O) groups is 1. The standard InChI is InChI=1S/C20H20BrN3O2S2/c1-23(10-12-6-3-4-8-14(12)21)16(25)11-27-20-22-18-17(19(26)24(20)2)13-7-5-9-15(13)28-18/h3-4,6,8H,5,7,9-11H2,1-2H3. The molecule has 0 saturated carbocycles. The Balaban J connectivity index is 1.49. The number of thioether (sulfide) groups is 1. The Hall–Kier alpha value is -1.64. The molecule has 0 aliphatic heterocycles. The molecule has 0 unspecified atom stereocenters. The van der Waals surface area contributed by atoms with E-state index in [1.54, 1.807) is 34.9 Å². The van der Waals surface area contributed by atoms with Crippen LogP contribution in [-0.4, -0.2) is 33.2 Å². The molecule has 3 aromatic rings. The van der Waals surface area contributed by atoms with E-state index in [0.29, 0.717) is 11.7 Å². The van der Waals surface area contributed by atoms with Crippen LogP contribution in [0.15, 0.2) is 38.7 Å². The number of halogens is 1. The summed E-state index contributed by atoms with van der Waals surface area (Å²) in [4.78, 5) is 33.9. The molecular weight excluding hydrogens is 458 g/mol. The minimum atomic E-state index is 0.000852. The molecule has 5 nitrogen and oxygen atoms in total. The Morgan fingerprint density at radius 2 is 2.14 bits per heavy atom. The van der Waals surface area contributed by atoms with Gasteiger partial charge in [0, 0.05) is 30.0 Å². The molecule has 0 fully saturated rings. The van der Waals surface area contributed by atoms with Crippen molar-refractivity contribution in [3.63, 3.8) is 0 Å². The number of hydrogen-bond acceptors (Lipinski definition) is 5. The second-order valence-corrected chi connectivity index (χ2v) is 9.81. The van der Waals surface area contributed by atoms with Crippen LogP contribution in [-0.2, 0) is 31.2 Å². The fourth-order valence-electron chi connectivity index (χ4n) is 3.44. The third-order valence-corrected chi connectivity index (χ3v) is 8.00. The van der Waals surface area contributed by atoms with Gasteiger partial charge in [-0.3, -0.25) is 14.2 Å². The van der Waals surface area contributed by atoms with Crippen LogP contribution in [0.5, 0.6) is 0 Å². The molecule has 0 spiro atoms. The van der Waals surface area contributed by atoms with Crippen molar-refractivity contribution < 1.29 is 4.79 Å². The lowest BCUT2D eigenvalue weighted by Gasteiger charge is -2.18. The van der Waals surface area contributed by atoms with E-state index in [4.69, 9.17) is 4.98 Å². The van der Waals surface area contributed by atoms with Gasteiger partial charge < -0.3 is 4.90 Å². The van der Waals surface area contributed by atoms with Gasteiger partial charge in [-0.05, 0) is 36.5 Å². The van der Waals surface area contributed by atoms with Crippen LogP contribution in [0.2, 0.25) is 0 Å². The minimum absolute atomic E-state index is 0.000852. The zero-order valence-electron chi connectivity index (χ0n) is 15.7. The first-order chi connectivity index (χ1) is 13.5. The predicted molar refractivity (Wildman–Crippen MR) is 118 cm³/mol. The monoisotopic (exact) mass is 477 g/mol. The first-order valence-corrected chi connectivity index (χ1v) is 11.7. The molecule has 2 heterocycles. The van der Waals surface area contributed by atoms with Crippen LogP contribution in [0.3, 0.4) is 0 Å². The smallest absolute Gasteiger partial charge is 0.262 e. The van der Waals surface area contributed by atoms with E-state index < -0.39 is 0 Å². The van der Waals surface area contributed by atoms with Crippen molar-refractivity contribution in [2.24, 2.45) is 7.05 Å². The van der Waals surface area contributed by atoms with Crippen molar-refractivity contribution in [1.82, 2.24) is 14.5 Å². The highest BCUT2D eigenvalue weighted by molar-refractivity contribution is 9.10. The number of benzene rings is 1. The van der Waals surface area contributed by atoms with Crippen LogP contribution in [0.25, 0.3) is 10.2 Å². The fraction of sp³-hybridized carbons (Fsp3) is 0.350. The number of rotatable bonds is 5. The van der Waals surface area contributed by atoms with E-state index in [0.717, 1.165) is 39.5 Å². The van der Waals surface area contributed by atoms with Crippen molar-refractivity contribution in [3.05, 3.63) is 55.1 Å². The van der Waals surface area contributed by atoms with Gasteiger partial charge in [-0.1, -0.05) is 45.9 Å². The number of carbonyl (C=O) groups excluding carboxylic acids is 1. The van der Waals surface area contributed by atoms with Crippen LogP contribution >= 0.6 is 39.0 Å². The van der Waals surface area contributed by atoms with Gasteiger partial charge in [0.25, 0.3) is 5.56 Å². The molecule has 1 amide bonds. The fourth-order valence-corrected chi connectivity index (χ4v) is 6.07. The highest BCUT2D eigenvalue weighted by Crippen LogP contribution is 2.35. The molecule has 1 aliphatic rings. The summed E-state index contributed by atoms with van der Waals surface area (Å²) in [6.07, 6.45) is 3.13. The molecule has 8 heteroatoms. The summed E-state index contributed by atoms with van der Waals surface area (Å²) in [5.41, 5.74) is 2.25. The summed E-state index contributed by atoms with van der Waals surface area (Å²) >= 11 is 6.47. The molecule has 4 rings (SSSR count). The number of aromatic nitrogens is 2. The summed E-state index contributed by atoms with van der Waals surface area (Å²) in [6, 6.07) is 7.88. The second kappa shape index (κ2) is 8.00. The Kier molecular flexibility index (Phi) is 5.62. The lowest BCUT2D eigenvalue weighted by atomic mass is 10.2. The van der Waals surface area contributed by atoms with Gasteiger partial charge in [0.2, 0.25) is 5.91 Å². The summed E-state index contributed by atoms with van der Waals surface area (Å²) in [5.74, 6) is 0.251. The molecule has 1 aliphatic carbocycles. The quantitative estimate of drug-likeness (QED) is 0.411. The number of thiophene rings is 1. The molecule has 1 aromatic carbocycles. The van der Waals surface area contributed by atoms with Crippen LogP contribution in [0, 0.1) is 0 Å². The lowest BCUT2D eigenvalue weighted by Crippen LogP contribution is -2.28. The molecule has 0 saturated heterocycles.